The van der Waals surface area contributed by atoms with Gasteiger partial charge in [0.1, 0.15) is 5.69 Å². The van der Waals surface area contributed by atoms with E-state index in [0.29, 0.717) is 12.2 Å². The average molecular weight is 389 g/mol. The van der Waals surface area contributed by atoms with Crippen molar-refractivity contribution >= 4 is 11.5 Å². The lowest BCUT2D eigenvalue weighted by atomic mass is 10.0. The Bertz CT molecular complexity index is 1210. The molecule has 0 aliphatic rings. The van der Waals surface area contributed by atoms with E-state index in [4.69, 9.17) is 10.2 Å². The molecule has 0 saturated heterocycles. The van der Waals surface area contributed by atoms with Crippen molar-refractivity contribution in [1.29, 1.82) is 0 Å². The Kier molecular flexibility index (Phi) is 5.17. The van der Waals surface area contributed by atoms with E-state index >= 15 is 0 Å². The Morgan fingerprint density at radius 2 is 1.79 bits per heavy atom. The van der Waals surface area contributed by atoms with Crippen molar-refractivity contribution < 1.29 is 9.90 Å². The van der Waals surface area contributed by atoms with Crippen molar-refractivity contribution in [3.63, 3.8) is 0 Å². The molecule has 8 nitrogen and oxygen atoms in total. The number of rotatable bonds is 7. The Balaban J connectivity index is 1.77. The molecule has 0 aliphatic heterocycles. The van der Waals surface area contributed by atoms with Crippen LogP contribution in [-0.2, 0) is 11.3 Å². The van der Waals surface area contributed by atoms with E-state index in [2.05, 4.69) is 10.4 Å². The second-order valence-electron chi connectivity index (χ2n) is 6.47. The lowest BCUT2D eigenvalue weighted by Crippen LogP contribution is -2.31. The number of fused-ring (bicyclic) bond motifs is 1. The molecule has 29 heavy (non-hydrogen) atoms. The van der Waals surface area contributed by atoms with Crippen LogP contribution in [0.15, 0.2) is 71.7 Å². The molecule has 0 amide bonds. The first-order chi connectivity index (χ1) is 14.1. The van der Waals surface area contributed by atoms with Gasteiger partial charge in [-0.3, -0.25) is 9.59 Å². The first-order valence-electron chi connectivity index (χ1n) is 9.17. The van der Waals surface area contributed by atoms with Gasteiger partial charge in [-0.05, 0) is 18.2 Å². The molecule has 0 radical (unpaired) electrons. The monoisotopic (exact) mass is 389 g/mol. The summed E-state index contributed by atoms with van der Waals surface area (Å²) in [5.74, 6) is -0.946. The highest BCUT2D eigenvalue weighted by Gasteiger charge is 2.18. The third kappa shape index (κ3) is 3.92. The Morgan fingerprint density at radius 1 is 1.00 bits per heavy atom. The Labute approximate surface area is 166 Å². The molecule has 0 unspecified atom stereocenters. The zero-order chi connectivity index (χ0) is 20.2. The lowest BCUT2D eigenvalue weighted by Gasteiger charge is -2.08. The summed E-state index contributed by atoms with van der Waals surface area (Å²) in [6.07, 6.45) is 1.87. The second-order valence-corrected chi connectivity index (χ2v) is 6.47. The maximum atomic E-state index is 12.2. The molecule has 0 atom stereocenters. The standard InChI is InChI=1S/C21H19N5O3/c27-18-10-9-16(23-26(18)13-11-22-14-19(28)29)20-17-8-4-5-12-25(17)24-21(20)15-6-2-1-3-7-15/h1-10,12,22H,11,13-14H2,(H,28,29). The highest BCUT2D eigenvalue weighted by Crippen LogP contribution is 2.33. The van der Waals surface area contributed by atoms with Crippen LogP contribution in [0.3, 0.4) is 0 Å². The van der Waals surface area contributed by atoms with Crippen molar-refractivity contribution in [3.8, 4) is 22.5 Å². The zero-order valence-corrected chi connectivity index (χ0v) is 15.5. The fourth-order valence-electron chi connectivity index (χ4n) is 3.17. The molecule has 4 rings (SSSR count). The van der Waals surface area contributed by atoms with E-state index < -0.39 is 5.97 Å². The molecule has 2 N–H and O–H groups in total. The van der Waals surface area contributed by atoms with Crippen LogP contribution in [-0.4, -0.2) is 43.6 Å². The average Bonchev–Trinajstić information content (AvgIpc) is 3.12. The number of nitrogens with zero attached hydrogens (tertiary/aromatic N) is 4. The summed E-state index contributed by atoms with van der Waals surface area (Å²) in [4.78, 5) is 22.9. The summed E-state index contributed by atoms with van der Waals surface area (Å²) in [6.45, 7) is 0.420. The minimum Gasteiger partial charge on any atom is -0.480 e. The number of hydrogen-bond acceptors (Lipinski definition) is 5. The van der Waals surface area contributed by atoms with Gasteiger partial charge in [0, 0.05) is 24.4 Å². The summed E-state index contributed by atoms with van der Waals surface area (Å²) in [5, 5.41) is 20.7. The molecule has 0 bridgehead atoms. The number of pyridine rings is 1. The maximum Gasteiger partial charge on any atom is 0.317 e. The summed E-state index contributed by atoms with van der Waals surface area (Å²) < 4.78 is 3.13. The number of carboxylic acid groups (broad SMARTS) is 1. The molecule has 4 aromatic rings. The second kappa shape index (κ2) is 8.07. The molecule has 3 aromatic heterocycles. The lowest BCUT2D eigenvalue weighted by molar-refractivity contribution is -0.135. The Hall–Kier alpha value is -3.78. The number of nitrogens with one attached hydrogen (secondary N) is 1. The van der Waals surface area contributed by atoms with Crippen molar-refractivity contribution in [3.05, 3.63) is 77.2 Å². The van der Waals surface area contributed by atoms with Crippen LogP contribution in [0.4, 0.5) is 0 Å². The molecule has 0 spiro atoms. The maximum absolute atomic E-state index is 12.2. The van der Waals surface area contributed by atoms with Crippen molar-refractivity contribution in [2.45, 2.75) is 6.54 Å². The molecule has 0 fully saturated rings. The molecular formula is C21H19N5O3. The minimum absolute atomic E-state index is 0.166. The van der Waals surface area contributed by atoms with Crippen LogP contribution in [0.5, 0.6) is 0 Å². The van der Waals surface area contributed by atoms with Gasteiger partial charge in [-0.2, -0.15) is 10.2 Å². The summed E-state index contributed by atoms with van der Waals surface area (Å²) in [7, 11) is 0. The van der Waals surface area contributed by atoms with Gasteiger partial charge in [-0.25, -0.2) is 9.20 Å². The number of hydrogen-bond donors (Lipinski definition) is 2. The van der Waals surface area contributed by atoms with Gasteiger partial charge >= 0.3 is 5.97 Å². The highest BCUT2D eigenvalue weighted by atomic mass is 16.4. The molecule has 1 aromatic carbocycles. The van der Waals surface area contributed by atoms with E-state index in [9.17, 15) is 9.59 Å². The largest absolute Gasteiger partial charge is 0.480 e. The van der Waals surface area contributed by atoms with Crippen LogP contribution in [0.1, 0.15) is 0 Å². The third-order valence-corrected chi connectivity index (χ3v) is 4.49. The van der Waals surface area contributed by atoms with Gasteiger partial charge in [0.2, 0.25) is 0 Å². The fourth-order valence-corrected chi connectivity index (χ4v) is 3.17. The quantitative estimate of drug-likeness (QED) is 0.468. The molecular weight excluding hydrogens is 370 g/mol. The molecule has 0 saturated carbocycles. The smallest absolute Gasteiger partial charge is 0.317 e. The molecule has 146 valence electrons. The number of aliphatic carboxylic acids is 1. The topological polar surface area (TPSA) is 102 Å². The SMILES string of the molecule is O=C(O)CNCCn1nc(-c2c(-c3ccccc3)nn3ccccc23)ccc1=O. The number of benzene rings is 1. The number of carbonyl (C=O) groups is 1. The number of aromatic nitrogens is 4. The normalized spacial score (nSPS) is 11.0. The van der Waals surface area contributed by atoms with E-state index in [-0.39, 0.29) is 18.6 Å². The van der Waals surface area contributed by atoms with E-state index in [1.807, 2.05) is 54.7 Å². The number of carboxylic acids is 1. The third-order valence-electron chi connectivity index (χ3n) is 4.49. The first-order valence-corrected chi connectivity index (χ1v) is 9.17. The van der Waals surface area contributed by atoms with Crippen LogP contribution in [0.25, 0.3) is 28.0 Å². The van der Waals surface area contributed by atoms with Crippen LogP contribution < -0.4 is 10.9 Å². The van der Waals surface area contributed by atoms with Gasteiger partial charge in [-0.1, -0.05) is 36.4 Å². The highest BCUT2D eigenvalue weighted by molar-refractivity contribution is 5.90. The summed E-state index contributed by atoms with van der Waals surface area (Å²) in [5.41, 5.74) is 3.83. The minimum atomic E-state index is -0.946. The van der Waals surface area contributed by atoms with Crippen molar-refractivity contribution in [2.75, 3.05) is 13.1 Å². The molecule has 8 heteroatoms. The molecule has 0 aliphatic carbocycles. The van der Waals surface area contributed by atoms with E-state index in [1.165, 1.54) is 10.7 Å². The van der Waals surface area contributed by atoms with Gasteiger partial charge in [-0.15, -0.1) is 0 Å². The van der Waals surface area contributed by atoms with Crippen molar-refractivity contribution in [2.24, 2.45) is 0 Å². The van der Waals surface area contributed by atoms with E-state index in [1.54, 1.807) is 10.6 Å². The summed E-state index contributed by atoms with van der Waals surface area (Å²) >= 11 is 0. The predicted octanol–water partition coefficient (Wildman–Crippen LogP) is 1.90. The predicted molar refractivity (Wildman–Crippen MR) is 109 cm³/mol. The first kappa shape index (κ1) is 18.6. The Morgan fingerprint density at radius 3 is 2.59 bits per heavy atom. The van der Waals surface area contributed by atoms with Crippen molar-refractivity contribution in [1.82, 2.24) is 24.7 Å². The zero-order valence-electron chi connectivity index (χ0n) is 15.5. The van der Waals surface area contributed by atoms with Crippen LogP contribution >= 0.6 is 0 Å². The van der Waals surface area contributed by atoms with Crippen LogP contribution in [0, 0.1) is 0 Å². The van der Waals surface area contributed by atoms with Crippen LogP contribution in [0.2, 0.25) is 0 Å². The van der Waals surface area contributed by atoms with Gasteiger partial charge in [0.15, 0.2) is 0 Å². The van der Waals surface area contributed by atoms with Gasteiger partial charge in [0.05, 0.1) is 29.9 Å². The van der Waals surface area contributed by atoms with Gasteiger partial charge in [0.25, 0.3) is 5.56 Å². The fraction of sp³-hybridized carbons (Fsp3) is 0.143. The van der Waals surface area contributed by atoms with Gasteiger partial charge < -0.3 is 10.4 Å². The molecule has 3 heterocycles. The summed E-state index contributed by atoms with van der Waals surface area (Å²) in [6, 6.07) is 18.8. The van der Waals surface area contributed by atoms with E-state index in [0.717, 1.165) is 22.3 Å².